The maximum Gasteiger partial charge on any atom is 0.170 e. The van der Waals surface area contributed by atoms with Crippen LogP contribution in [0.15, 0.2) is 33.4 Å². The van der Waals surface area contributed by atoms with Crippen molar-refractivity contribution in [3.8, 4) is 0 Å². The lowest BCUT2D eigenvalue weighted by Crippen LogP contribution is -1.68. The first-order valence-electron chi connectivity index (χ1n) is 3.11. The maximum absolute atomic E-state index is 5.36. The van der Waals surface area contributed by atoms with Crippen LogP contribution < -0.4 is 0 Å². The Morgan fingerprint density at radius 1 is 1.36 bits per heavy atom. The van der Waals surface area contributed by atoms with Crippen LogP contribution in [0, 0.1) is 3.57 Å². The molecule has 0 saturated heterocycles. The predicted molar refractivity (Wildman–Crippen MR) is 56.6 cm³/mol. The fourth-order valence-corrected chi connectivity index (χ4v) is 2.03. The summed E-state index contributed by atoms with van der Waals surface area (Å²) in [5.41, 5.74) is 0.934. The molecule has 0 bridgehead atoms. The number of furan rings is 1. The minimum absolute atomic E-state index is 0.789. The van der Waals surface area contributed by atoms with Gasteiger partial charge in [0, 0.05) is 15.0 Å². The van der Waals surface area contributed by atoms with Gasteiger partial charge < -0.3 is 4.42 Å². The van der Waals surface area contributed by atoms with E-state index in [0.29, 0.717) is 0 Å². The van der Waals surface area contributed by atoms with Crippen LogP contribution in [0.3, 0.4) is 0 Å². The average molecular weight is 323 g/mol. The van der Waals surface area contributed by atoms with Gasteiger partial charge >= 0.3 is 0 Å². The summed E-state index contributed by atoms with van der Waals surface area (Å²) in [6.45, 7) is 0. The van der Waals surface area contributed by atoms with Crippen molar-refractivity contribution in [1.29, 1.82) is 0 Å². The summed E-state index contributed by atoms with van der Waals surface area (Å²) in [6.07, 6.45) is 0. The molecule has 0 amide bonds. The number of rotatable bonds is 0. The van der Waals surface area contributed by atoms with Crippen LogP contribution in [0.5, 0.6) is 0 Å². The number of hydrogen-bond acceptors (Lipinski definition) is 1. The van der Waals surface area contributed by atoms with E-state index in [9.17, 15) is 0 Å². The Morgan fingerprint density at radius 3 is 2.91 bits per heavy atom. The minimum atomic E-state index is 0.789. The summed E-state index contributed by atoms with van der Waals surface area (Å²) < 4.78 is 7.37. The topological polar surface area (TPSA) is 13.1 Å². The van der Waals surface area contributed by atoms with Crippen LogP contribution >= 0.6 is 38.5 Å². The fraction of sp³-hybridized carbons (Fsp3) is 0. The summed E-state index contributed by atoms with van der Waals surface area (Å²) in [5, 5.41) is 1.17. The molecule has 0 fully saturated rings. The first-order valence-corrected chi connectivity index (χ1v) is 4.98. The third-order valence-electron chi connectivity index (χ3n) is 1.48. The van der Waals surface area contributed by atoms with Crippen molar-refractivity contribution in [2.24, 2.45) is 0 Å². The first-order chi connectivity index (χ1) is 5.27. The zero-order valence-electron chi connectivity index (χ0n) is 5.47. The normalized spacial score (nSPS) is 10.7. The lowest BCUT2D eigenvalue weighted by atomic mass is 10.3. The monoisotopic (exact) mass is 322 g/mol. The maximum atomic E-state index is 5.36. The van der Waals surface area contributed by atoms with E-state index in [4.69, 9.17) is 4.42 Å². The van der Waals surface area contributed by atoms with Crippen molar-refractivity contribution in [2.75, 3.05) is 0 Å². The van der Waals surface area contributed by atoms with E-state index >= 15 is 0 Å². The second kappa shape index (κ2) is 2.79. The van der Waals surface area contributed by atoms with Crippen molar-refractivity contribution in [3.63, 3.8) is 0 Å². The van der Waals surface area contributed by atoms with E-state index in [-0.39, 0.29) is 0 Å². The average Bonchev–Trinajstić information content (AvgIpc) is 2.31. The molecule has 56 valence electrons. The summed E-state index contributed by atoms with van der Waals surface area (Å²) in [6, 6.07) is 7.99. The van der Waals surface area contributed by atoms with Gasteiger partial charge in [0.2, 0.25) is 0 Å². The summed E-state index contributed by atoms with van der Waals surface area (Å²) in [5.74, 6) is 0. The SMILES string of the molecule is Brc1cc2c(I)cccc2o1. The zero-order valence-corrected chi connectivity index (χ0v) is 9.22. The van der Waals surface area contributed by atoms with Crippen molar-refractivity contribution >= 4 is 49.5 Å². The molecule has 0 spiro atoms. The van der Waals surface area contributed by atoms with Crippen molar-refractivity contribution in [3.05, 3.63) is 32.5 Å². The van der Waals surface area contributed by atoms with Gasteiger partial charge in [0.15, 0.2) is 4.67 Å². The highest BCUT2D eigenvalue weighted by atomic mass is 127. The lowest BCUT2D eigenvalue weighted by Gasteiger charge is -1.88. The molecule has 2 rings (SSSR count). The lowest BCUT2D eigenvalue weighted by molar-refractivity contribution is 0.587. The molecule has 1 aromatic carbocycles. The Hall–Kier alpha value is -0.0300. The van der Waals surface area contributed by atoms with Gasteiger partial charge in [-0.1, -0.05) is 6.07 Å². The molecule has 0 aliphatic carbocycles. The molecule has 1 nitrogen and oxygen atoms in total. The van der Waals surface area contributed by atoms with E-state index in [1.54, 1.807) is 0 Å². The van der Waals surface area contributed by atoms with Crippen LogP contribution in [0.25, 0.3) is 11.0 Å². The Labute approximate surface area is 86.0 Å². The molecule has 3 heteroatoms. The van der Waals surface area contributed by atoms with Crippen molar-refractivity contribution in [1.82, 2.24) is 0 Å². The Balaban J connectivity index is 2.90. The molecule has 0 radical (unpaired) electrons. The summed E-state index contributed by atoms with van der Waals surface area (Å²) in [4.78, 5) is 0. The highest BCUT2D eigenvalue weighted by Gasteiger charge is 2.02. The molecule has 1 heterocycles. The van der Waals surface area contributed by atoms with Gasteiger partial charge in [-0.15, -0.1) is 0 Å². The summed E-state index contributed by atoms with van der Waals surface area (Å²) in [7, 11) is 0. The van der Waals surface area contributed by atoms with E-state index in [2.05, 4.69) is 44.6 Å². The smallest absolute Gasteiger partial charge is 0.170 e. The fourth-order valence-electron chi connectivity index (χ4n) is 0.994. The third-order valence-corrected chi connectivity index (χ3v) is 2.81. The molecule has 0 saturated carbocycles. The quantitative estimate of drug-likeness (QED) is 0.672. The molecule has 0 atom stereocenters. The molecular weight excluding hydrogens is 319 g/mol. The van der Waals surface area contributed by atoms with Crippen LogP contribution in [0.4, 0.5) is 0 Å². The van der Waals surface area contributed by atoms with Gasteiger partial charge in [0.05, 0.1) is 0 Å². The molecule has 1 aromatic heterocycles. The molecular formula is C8H4BrIO. The van der Waals surface area contributed by atoms with E-state index in [1.165, 1.54) is 8.96 Å². The standard InChI is InChI=1S/C8H4BrIO/c9-8-4-5-6(10)2-1-3-7(5)11-8/h1-4H. The van der Waals surface area contributed by atoms with Crippen LogP contribution in [-0.4, -0.2) is 0 Å². The number of fused-ring (bicyclic) bond motifs is 1. The molecule has 0 N–H and O–H groups in total. The molecule has 0 aliphatic heterocycles. The molecule has 0 aliphatic rings. The number of halogens is 2. The van der Waals surface area contributed by atoms with Crippen molar-refractivity contribution in [2.45, 2.75) is 0 Å². The number of benzene rings is 1. The van der Waals surface area contributed by atoms with Gasteiger partial charge in [-0.05, 0) is 50.7 Å². The zero-order chi connectivity index (χ0) is 7.84. The van der Waals surface area contributed by atoms with Crippen LogP contribution in [-0.2, 0) is 0 Å². The largest absolute Gasteiger partial charge is 0.449 e. The molecule has 11 heavy (non-hydrogen) atoms. The van der Waals surface area contributed by atoms with Gasteiger partial charge in [0.25, 0.3) is 0 Å². The second-order valence-corrected chi connectivity index (χ2v) is 4.15. The first kappa shape index (κ1) is 7.61. The van der Waals surface area contributed by atoms with E-state index < -0.39 is 0 Å². The third kappa shape index (κ3) is 1.31. The second-order valence-electron chi connectivity index (χ2n) is 2.20. The minimum Gasteiger partial charge on any atom is -0.449 e. The van der Waals surface area contributed by atoms with Gasteiger partial charge in [0.1, 0.15) is 5.58 Å². The van der Waals surface area contributed by atoms with Gasteiger partial charge in [-0.3, -0.25) is 0 Å². The van der Waals surface area contributed by atoms with Crippen LogP contribution in [0.2, 0.25) is 0 Å². The van der Waals surface area contributed by atoms with Gasteiger partial charge in [-0.2, -0.15) is 0 Å². The summed E-state index contributed by atoms with van der Waals surface area (Å²) >= 11 is 5.58. The molecule has 2 aromatic rings. The van der Waals surface area contributed by atoms with E-state index in [1.807, 2.05) is 18.2 Å². The van der Waals surface area contributed by atoms with Gasteiger partial charge in [-0.25, -0.2) is 0 Å². The Kier molecular flexibility index (Phi) is 1.93. The Bertz CT molecular complexity index is 394. The predicted octanol–water partition coefficient (Wildman–Crippen LogP) is 3.80. The number of hydrogen-bond donors (Lipinski definition) is 0. The van der Waals surface area contributed by atoms with Crippen LogP contribution in [0.1, 0.15) is 0 Å². The van der Waals surface area contributed by atoms with Crippen molar-refractivity contribution < 1.29 is 4.42 Å². The Morgan fingerprint density at radius 2 is 2.18 bits per heavy atom. The molecule has 0 unspecified atom stereocenters. The highest BCUT2D eigenvalue weighted by Crippen LogP contribution is 2.26. The van der Waals surface area contributed by atoms with E-state index in [0.717, 1.165) is 10.3 Å². The highest BCUT2D eigenvalue weighted by molar-refractivity contribution is 14.1.